The van der Waals surface area contributed by atoms with E-state index in [4.69, 9.17) is 0 Å². The molecule has 0 aliphatic carbocycles. The molecule has 0 radical (unpaired) electrons. The van der Waals surface area contributed by atoms with Crippen molar-refractivity contribution in [1.82, 2.24) is 9.80 Å². The average molecular weight is 511 g/mol. The molecule has 0 N–H and O–H groups in total. The molecule has 4 aliphatic heterocycles. The van der Waals surface area contributed by atoms with Gasteiger partial charge >= 0.3 is 181 Å². The third-order valence-electron chi connectivity index (χ3n) is 6.07. The number of aromatic nitrogens is 1. The van der Waals surface area contributed by atoms with Gasteiger partial charge in [-0.2, -0.15) is 0 Å². The van der Waals surface area contributed by atoms with Gasteiger partial charge in [-0.25, -0.2) is 0 Å². The number of anilines is 1. The van der Waals surface area contributed by atoms with Gasteiger partial charge in [0, 0.05) is 0 Å². The van der Waals surface area contributed by atoms with Crippen molar-refractivity contribution in [3.05, 3.63) is 69.5 Å². The summed E-state index contributed by atoms with van der Waals surface area (Å²) in [7, 11) is 0. The van der Waals surface area contributed by atoms with Crippen LogP contribution in [-0.4, -0.2) is 64.9 Å². The Balaban J connectivity index is 1.45. The second-order valence-electron chi connectivity index (χ2n) is 7.55. The van der Waals surface area contributed by atoms with Gasteiger partial charge in [-0.3, -0.25) is 0 Å². The van der Waals surface area contributed by atoms with Crippen LogP contribution in [0.25, 0.3) is 15.5 Å². The van der Waals surface area contributed by atoms with Crippen LogP contribution in [0.4, 0.5) is 10.5 Å². The zero-order valence-corrected chi connectivity index (χ0v) is 19.0. The zero-order valence-electron chi connectivity index (χ0n) is 15.5. The maximum absolute atomic E-state index is 13.5. The van der Waals surface area contributed by atoms with Gasteiger partial charge in [0.05, 0.1) is 0 Å². The Bertz CT molecular complexity index is 1290. The normalized spacial score (nSPS) is 19.7. The molecule has 4 aliphatic rings. The van der Waals surface area contributed by atoms with E-state index in [1.807, 2.05) is 9.80 Å². The van der Waals surface area contributed by atoms with E-state index in [0.717, 1.165) is 37.6 Å². The van der Waals surface area contributed by atoms with Crippen LogP contribution in [-0.2, 0) is 6.54 Å². The van der Waals surface area contributed by atoms with Crippen molar-refractivity contribution in [2.45, 2.75) is 6.54 Å². The Morgan fingerprint density at radius 3 is 2.69 bits per heavy atom. The fourth-order valence-electron chi connectivity index (χ4n) is 4.72. The first-order valence-electron chi connectivity index (χ1n) is 9.81. The standard InChI is InChI=1S/C22H17N4OSe2/c27-22-25-11-9-23-14-5-1-3-7-18(14)28-20(23)16(25)13-17-21-24(10-12-26(17)22)15-6-2-4-8-19(15)29-21/h1-8,13H,9-12H2/q+1. The van der Waals surface area contributed by atoms with E-state index in [1.54, 1.807) is 0 Å². The Hall–Kier alpha value is -2.30. The molecule has 0 atom stereocenters. The van der Waals surface area contributed by atoms with Crippen LogP contribution in [0, 0.1) is 0 Å². The molecule has 29 heavy (non-hydrogen) atoms. The van der Waals surface area contributed by atoms with E-state index in [9.17, 15) is 4.79 Å². The first-order chi connectivity index (χ1) is 14.3. The van der Waals surface area contributed by atoms with E-state index >= 15 is 0 Å². The minimum absolute atomic E-state index is 0.162. The summed E-state index contributed by atoms with van der Waals surface area (Å²) >= 11 is 0.486. The number of fused-ring (bicyclic) bond motifs is 9. The number of hydrogen-bond donors (Lipinski definition) is 0. The van der Waals surface area contributed by atoms with E-state index in [-0.39, 0.29) is 35.5 Å². The third-order valence-corrected chi connectivity index (χ3v) is 11.1. The van der Waals surface area contributed by atoms with Crippen LogP contribution in [0.5, 0.6) is 0 Å². The van der Waals surface area contributed by atoms with Crippen LogP contribution < -0.4 is 13.9 Å². The molecule has 0 saturated heterocycles. The Labute approximate surface area is 180 Å². The van der Waals surface area contributed by atoms with Crippen molar-refractivity contribution >= 4 is 61.1 Å². The topological polar surface area (TPSA) is 30.7 Å². The summed E-state index contributed by atoms with van der Waals surface area (Å²) in [6.07, 6.45) is 2.31. The van der Waals surface area contributed by atoms with Crippen LogP contribution in [0.1, 0.15) is 4.57 Å². The summed E-state index contributed by atoms with van der Waals surface area (Å²) in [6, 6.07) is 17.6. The van der Waals surface area contributed by atoms with Gasteiger partial charge in [-0.15, -0.1) is 0 Å². The number of benzene rings is 2. The summed E-state index contributed by atoms with van der Waals surface area (Å²) in [5.74, 6) is 0. The number of rotatable bonds is 0. The summed E-state index contributed by atoms with van der Waals surface area (Å²) in [5.41, 5.74) is 4.92. The molecule has 0 spiro atoms. The number of allylic oxidation sites excluding steroid dienone is 1. The molecule has 5 heterocycles. The van der Waals surface area contributed by atoms with Crippen LogP contribution in [0.3, 0.4) is 0 Å². The summed E-state index contributed by atoms with van der Waals surface area (Å²) in [5, 5.41) is 0. The monoisotopic (exact) mass is 513 g/mol. The number of amides is 2. The number of urea groups is 1. The van der Waals surface area contributed by atoms with Crippen molar-refractivity contribution in [2.75, 3.05) is 24.5 Å². The van der Waals surface area contributed by atoms with E-state index in [2.05, 4.69) is 64.1 Å². The quantitative estimate of drug-likeness (QED) is 0.337. The van der Waals surface area contributed by atoms with Crippen molar-refractivity contribution < 1.29 is 9.36 Å². The van der Waals surface area contributed by atoms with Crippen molar-refractivity contribution in [3.63, 3.8) is 0 Å². The first-order valence-corrected chi connectivity index (χ1v) is 13.2. The van der Waals surface area contributed by atoms with Crippen LogP contribution in [0.15, 0.2) is 64.9 Å². The maximum atomic E-state index is 13.5. The van der Waals surface area contributed by atoms with Gasteiger partial charge in [-0.1, -0.05) is 0 Å². The molecule has 0 saturated carbocycles. The van der Waals surface area contributed by atoms with Crippen molar-refractivity contribution in [2.24, 2.45) is 0 Å². The number of nitrogens with zero attached hydrogens (tertiary/aromatic N) is 4. The second-order valence-corrected chi connectivity index (χ2v) is 11.9. The molecule has 0 unspecified atom stereocenters. The van der Waals surface area contributed by atoms with E-state index in [1.165, 1.54) is 29.1 Å². The van der Waals surface area contributed by atoms with Gasteiger partial charge in [0.15, 0.2) is 0 Å². The number of carbonyl (C=O) groups is 1. The SMILES string of the molecule is O=C1N2CC[n+]3c([se]c4ccccc43)C2=CC2=C3[Se]c4ccccc4N3CCN12. The fourth-order valence-corrected chi connectivity index (χ4v) is 9.80. The second kappa shape index (κ2) is 5.87. The Kier molecular flexibility index (Phi) is 3.34. The molecular weight excluding hydrogens is 494 g/mol. The van der Waals surface area contributed by atoms with Crippen molar-refractivity contribution in [3.8, 4) is 0 Å². The fraction of sp³-hybridized carbons (Fsp3) is 0.182. The molecule has 5 nitrogen and oxygen atoms in total. The molecule has 3 aromatic rings. The predicted octanol–water partition coefficient (Wildman–Crippen LogP) is 1.31. The molecule has 142 valence electrons. The van der Waals surface area contributed by atoms with Gasteiger partial charge in [0.25, 0.3) is 0 Å². The molecule has 2 amide bonds. The number of para-hydroxylation sites is 2. The third kappa shape index (κ3) is 2.16. The molecule has 7 rings (SSSR count). The van der Waals surface area contributed by atoms with Crippen molar-refractivity contribution in [1.29, 1.82) is 0 Å². The molecule has 0 fully saturated rings. The summed E-state index contributed by atoms with van der Waals surface area (Å²) < 4.78 is 7.97. The number of carbonyl (C=O) groups excluding carboxylic acids is 1. The van der Waals surface area contributed by atoms with Gasteiger partial charge in [0.1, 0.15) is 0 Å². The molecular formula is C22H17N4OSe2+. The molecule has 0 bridgehead atoms. The van der Waals surface area contributed by atoms with Crippen LogP contribution >= 0.6 is 0 Å². The van der Waals surface area contributed by atoms with Gasteiger partial charge < -0.3 is 0 Å². The number of hydrogen-bond acceptors (Lipinski definition) is 2. The first kappa shape index (κ1) is 16.5. The molecule has 1 aromatic heterocycles. The van der Waals surface area contributed by atoms with E-state index in [0.29, 0.717) is 0 Å². The van der Waals surface area contributed by atoms with E-state index < -0.39 is 0 Å². The Morgan fingerprint density at radius 2 is 1.72 bits per heavy atom. The van der Waals surface area contributed by atoms with Gasteiger partial charge in [-0.05, 0) is 0 Å². The molecule has 2 aromatic carbocycles. The summed E-state index contributed by atoms with van der Waals surface area (Å²) in [4.78, 5) is 19.9. The Morgan fingerprint density at radius 1 is 0.897 bits per heavy atom. The predicted molar refractivity (Wildman–Crippen MR) is 114 cm³/mol. The average Bonchev–Trinajstić information content (AvgIpc) is 3.32. The molecule has 7 heteroatoms. The summed E-state index contributed by atoms with van der Waals surface area (Å²) in [6.45, 7) is 3.29. The van der Waals surface area contributed by atoms with Crippen LogP contribution in [0.2, 0.25) is 0 Å². The zero-order chi connectivity index (χ0) is 19.1. The minimum atomic E-state index is 0.162. The van der Waals surface area contributed by atoms with Gasteiger partial charge in [0.2, 0.25) is 0 Å².